The van der Waals surface area contributed by atoms with Gasteiger partial charge in [0, 0.05) is 18.6 Å². The van der Waals surface area contributed by atoms with Crippen LogP contribution in [0.3, 0.4) is 0 Å². The topological polar surface area (TPSA) is 59.7 Å². The van der Waals surface area contributed by atoms with Crippen molar-refractivity contribution in [3.05, 3.63) is 42.9 Å². The molecule has 0 atom stereocenters. The van der Waals surface area contributed by atoms with Crippen LogP contribution in [-0.2, 0) is 0 Å². The number of nitrogens with one attached hydrogen (secondary N) is 1. The van der Waals surface area contributed by atoms with Crippen molar-refractivity contribution in [2.45, 2.75) is 0 Å². The van der Waals surface area contributed by atoms with Crippen molar-refractivity contribution in [3.63, 3.8) is 0 Å². The average molecular weight is 174 g/mol. The minimum atomic E-state index is 0.0219. The second-order valence-electron chi connectivity index (χ2n) is 2.71. The van der Waals surface area contributed by atoms with Crippen LogP contribution in [0.25, 0.3) is 5.82 Å². The van der Waals surface area contributed by atoms with Crippen molar-refractivity contribution in [1.82, 2.24) is 9.13 Å². The Bertz CT molecular complexity index is 411. The lowest BCUT2D eigenvalue weighted by atomic mass is 10.6. The predicted octanol–water partition coefficient (Wildman–Crippen LogP) is 1.02. The zero-order valence-electron chi connectivity index (χ0n) is 7.01. The van der Waals surface area contributed by atoms with E-state index in [1.807, 2.05) is 41.2 Å². The van der Waals surface area contributed by atoms with Gasteiger partial charge < -0.3 is 10.3 Å². The third-order valence-electron chi connectivity index (χ3n) is 1.86. The van der Waals surface area contributed by atoms with E-state index in [0.717, 1.165) is 5.82 Å². The average Bonchev–Trinajstić information content (AvgIpc) is 2.74. The first-order valence-corrected chi connectivity index (χ1v) is 3.94. The summed E-state index contributed by atoms with van der Waals surface area (Å²) in [5.41, 5.74) is 5.40. The van der Waals surface area contributed by atoms with Gasteiger partial charge in [0.05, 0.1) is 0 Å². The molecule has 2 aromatic heterocycles. The Morgan fingerprint density at radius 1 is 1.15 bits per heavy atom. The van der Waals surface area contributed by atoms with E-state index >= 15 is 0 Å². The molecule has 0 aliphatic carbocycles. The van der Waals surface area contributed by atoms with Gasteiger partial charge in [0.25, 0.3) is 0 Å². The van der Waals surface area contributed by atoms with E-state index in [1.165, 1.54) is 0 Å². The lowest BCUT2D eigenvalue weighted by Crippen LogP contribution is -2.21. The molecule has 13 heavy (non-hydrogen) atoms. The quantitative estimate of drug-likeness (QED) is 0.492. The van der Waals surface area contributed by atoms with Crippen molar-refractivity contribution in [2.24, 2.45) is 5.73 Å². The smallest absolute Gasteiger partial charge is 0.198 e. The van der Waals surface area contributed by atoms with E-state index in [-0.39, 0.29) is 5.96 Å². The lowest BCUT2D eigenvalue weighted by Gasteiger charge is -2.06. The van der Waals surface area contributed by atoms with E-state index in [1.54, 1.807) is 10.8 Å². The Morgan fingerprint density at radius 2 is 1.85 bits per heavy atom. The van der Waals surface area contributed by atoms with Gasteiger partial charge in [-0.05, 0) is 24.3 Å². The van der Waals surface area contributed by atoms with E-state index in [2.05, 4.69) is 0 Å². The van der Waals surface area contributed by atoms with Gasteiger partial charge >= 0.3 is 0 Å². The molecule has 0 unspecified atom stereocenters. The summed E-state index contributed by atoms with van der Waals surface area (Å²) in [5.74, 6) is 0.895. The number of nitrogens with two attached hydrogens (primary N) is 1. The SMILES string of the molecule is N=C(N)n1cccc1-n1cccc1. The number of rotatable bonds is 1. The largest absolute Gasteiger partial charge is 0.369 e. The van der Waals surface area contributed by atoms with Crippen molar-refractivity contribution in [3.8, 4) is 5.82 Å². The lowest BCUT2D eigenvalue weighted by molar-refractivity contribution is 0.952. The Labute approximate surface area is 75.7 Å². The molecule has 0 aliphatic rings. The molecule has 0 radical (unpaired) electrons. The predicted molar refractivity (Wildman–Crippen MR) is 51.1 cm³/mol. The molecule has 0 bridgehead atoms. The summed E-state index contributed by atoms with van der Waals surface area (Å²) in [4.78, 5) is 0. The number of hydrogen-bond acceptors (Lipinski definition) is 1. The maximum Gasteiger partial charge on any atom is 0.198 e. The van der Waals surface area contributed by atoms with Gasteiger partial charge in [0.1, 0.15) is 5.82 Å². The first-order chi connectivity index (χ1) is 6.29. The molecular formula is C9H10N4. The van der Waals surface area contributed by atoms with Crippen LogP contribution in [0, 0.1) is 5.41 Å². The minimum absolute atomic E-state index is 0.0219. The van der Waals surface area contributed by atoms with Gasteiger partial charge in [-0.2, -0.15) is 0 Å². The Morgan fingerprint density at radius 3 is 2.46 bits per heavy atom. The molecule has 2 rings (SSSR count). The van der Waals surface area contributed by atoms with Crippen molar-refractivity contribution < 1.29 is 0 Å². The third kappa shape index (κ3) is 1.22. The van der Waals surface area contributed by atoms with E-state index in [0.29, 0.717) is 0 Å². The number of nitrogen functional groups attached to an aromatic ring is 1. The second kappa shape index (κ2) is 2.82. The fourth-order valence-corrected chi connectivity index (χ4v) is 1.27. The number of hydrogen-bond donors (Lipinski definition) is 2. The van der Waals surface area contributed by atoms with Crippen LogP contribution in [0.5, 0.6) is 0 Å². The van der Waals surface area contributed by atoms with Crippen molar-refractivity contribution >= 4 is 5.96 Å². The molecule has 0 aromatic carbocycles. The van der Waals surface area contributed by atoms with Crippen LogP contribution in [0.1, 0.15) is 0 Å². The van der Waals surface area contributed by atoms with E-state index in [4.69, 9.17) is 11.1 Å². The summed E-state index contributed by atoms with van der Waals surface area (Å²) in [6, 6.07) is 7.62. The van der Waals surface area contributed by atoms with Gasteiger partial charge in [0.15, 0.2) is 5.96 Å². The Hall–Kier alpha value is -1.97. The molecule has 0 fully saturated rings. The minimum Gasteiger partial charge on any atom is -0.369 e. The zero-order valence-corrected chi connectivity index (χ0v) is 7.01. The summed E-state index contributed by atoms with van der Waals surface area (Å²) in [6.07, 6.45) is 5.58. The van der Waals surface area contributed by atoms with Gasteiger partial charge in [-0.3, -0.25) is 9.98 Å². The summed E-state index contributed by atoms with van der Waals surface area (Å²) in [6.45, 7) is 0. The van der Waals surface area contributed by atoms with Gasteiger partial charge in [0.2, 0.25) is 0 Å². The highest BCUT2D eigenvalue weighted by atomic mass is 15.2. The Balaban J connectivity index is 2.52. The fourth-order valence-electron chi connectivity index (χ4n) is 1.27. The van der Waals surface area contributed by atoms with Crippen LogP contribution in [0.4, 0.5) is 0 Å². The zero-order chi connectivity index (χ0) is 9.26. The van der Waals surface area contributed by atoms with Gasteiger partial charge in [-0.25, -0.2) is 0 Å². The molecule has 0 saturated heterocycles. The monoisotopic (exact) mass is 174 g/mol. The standard InChI is InChI=1S/C9H10N4/c10-9(11)13-7-3-4-8(13)12-5-1-2-6-12/h1-7H,(H3,10,11). The summed E-state index contributed by atoms with van der Waals surface area (Å²) < 4.78 is 3.52. The summed E-state index contributed by atoms with van der Waals surface area (Å²) in [5, 5.41) is 7.32. The van der Waals surface area contributed by atoms with Gasteiger partial charge in [-0.15, -0.1) is 0 Å². The summed E-state index contributed by atoms with van der Waals surface area (Å²) in [7, 11) is 0. The maximum absolute atomic E-state index is 7.32. The summed E-state index contributed by atoms with van der Waals surface area (Å²) >= 11 is 0. The maximum atomic E-state index is 7.32. The highest BCUT2D eigenvalue weighted by Crippen LogP contribution is 2.07. The molecule has 0 aliphatic heterocycles. The molecule has 0 amide bonds. The Kier molecular flexibility index (Phi) is 1.66. The fraction of sp³-hybridized carbons (Fsp3) is 0. The van der Waals surface area contributed by atoms with E-state index < -0.39 is 0 Å². The first-order valence-electron chi connectivity index (χ1n) is 3.94. The molecule has 2 heterocycles. The molecule has 0 spiro atoms. The molecule has 2 aromatic rings. The van der Waals surface area contributed by atoms with Crippen LogP contribution in [0.2, 0.25) is 0 Å². The van der Waals surface area contributed by atoms with Crippen molar-refractivity contribution in [1.29, 1.82) is 5.41 Å². The van der Waals surface area contributed by atoms with Crippen LogP contribution in [-0.4, -0.2) is 15.1 Å². The number of aromatic nitrogens is 2. The first kappa shape index (κ1) is 7.67. The highest BCUT2D eigenvalue weighted by Gasteiger charge is 2.02. The van der Waals surface area contributed by atoms with Crippen LogP contribution >= 0.6 is 0 Å². The molecule has 0 saturated carbocycles. The third-order valence-corrected chi connectivity index (χ3v) is 1.86. The molecule has 4 heteroatoms. The molecule has 66 valence electrons. The van der Waals surface area contributed by atoms with Crippen LogP contribution < -0.4 is 5.73 Å². The molecular weight excluding hydrogens is 164 g/mol. The highest BCUT2D eigenvalue weighted by molar-refractivity contribution is 5.79. The molecule has 4 nitrogen and oxygen atoms in total. The second-order valence-corrected chi connectivity index (χ2v) is 2.71. The molecule has 3 N–H and O–H groups in total. The van der Waals surface area contributed by atoms with Gasteiger partial charge in [-0.1, -0.05) is 0 Å². The van der Waals surface area contributed by atoms with Crippen molar-refractivity contribution in [2.75, 3.05) is 0 Å². The van der Waals surface area contributed by atoms with Crippen LogP contribution in [0.15, 0.2) is 42.9 Å². The van der Waals surface area contributed by atoms with E-state index in [9.17, 15) is 0 Å². The number of nitrogens with zero attached hydrogens (tertiary/aromatic N) is 2. The normalized spacial score (nSPS) is 10.2.